The van der Waals surface area contributed by atoms with Gasteiger partial charge in [-0.3, -0.25) is 0 Å². The van der Waals surface area contributed by atoms with Gasteiger partial charge in [0.1, 0.15) is 20.9 Å². The van der Waals surface area contributed by atoms with E-state index in [1.54, 1.807) is 23.9 Å². The fourth-order valence-electron chi connectivity index (χ4n) is 1.88. The van der Waals surface area contributed by atoms with Crippen LogP contribution in [-0.4, -0.2) is 43.1 Å². The molecule has 110 valence electrons. The monoisotopic (exact) mass is 306 g/mol. The van der Waals surface area contributed by atoms with E-state index in [0.29, 0.717) is 32.2 Å². The summed E-state index contributed by atoms with van der Waals surface area (Å²) in [6.45, 7) is 0. The molecule has 0 atom stereocenters. The van der Waals surface area contributed by atoms with E-state index in [2.05, 4.69) is 15.0 Å². The summed E-state index contributed by atoms with van der Waals surface area (Å²) in [6.07, 6.45) is 0. The molecule has 9 heteroatoms. The average molecular weight is 306 g/mol. The van der Waals surface area contributed by atoms with Crippen molar-refractivity contribution in [3.8, 4) is 0 Å². The zero-order valence-corrected chi connectivity index (χ0v) is 12.9. The predicted octanol–water partition coefficient (Wildman–Crippen LogP) is 0.907. The molecule has 8 nitrogen and oxygen atoms in total. The number of rotatable bonds is 2. The number of fused-ring (bicyclic) bond motifs is 3. The summed E-state index contributed by atoms with van der Waals surface area (Å²) in [5.41, 5.74) is 6.06. The van der Waals surface area contributed by atoms with Gasteiger partial charge in [-0.15, -0.1) is 11.3 Å². The van der Waals surface area contributed by atoms with E-state index in [4.69, 9.17) is 10.2 Å². The molecule has 0 aromatic carbocycles. The van der Waals surface area contributed by atoms with Gasteiger partial charge in [0.25, 0.3) is 6.01 Å². The first kappa shape index (κ1) is 13.6. The topological polar surface area (TPSA) is 101 Å². The normalized spacial score (nSPS) is 11.2. The minimum absolute atomic E-state index is 0.225. The van der Waals surface area contributed by atoms with Crippen molar-refractivity contribution < 1.29 is 4.42 Å². The lowest BCUT2D eigenvalue weighted by molar-refractivity contribution is 0.504. The minimum atomic E-state index is -0.447. The third-order valence-electron chi connectivity index (χ3n) is 2.90. The molecule has 0 bridgehead atoms. The number of nitrogen functional groups attached to an aromatic ring is 1. The van der Waals surface area contributed by atoms with Crippen LogP contribution in [0.2, 0.25) is 0 Å². The van der Waals surface area contributed by atoms with Crippen molar-refractivity contribution in [1.29, 1.82) is 0 Å². The Hall–Kier alpha value is -2.42. The third kappa shape index (κ3) is 2.05. The van der Waals surface area contributed by atoms with E-state index in [9.17, 15) is 4.79 Å². The molecule has 3 aromatic rings. The highest BCUT2D eigenvalue weighted by Crippen LogP contribution is 2.34. The fourth-order valence-corrected chi connectivity index (χ4v) is 2.88. The molecule has 0 aliphatic carbocycles. The van der Waals surface area contributed by atoms with Gasteiger partial charge in [-0.25, -0.2) is 9.78 Å². The molecule has 0 radical (unpaired) electrons. The lowest BCUT2D eigenvalue weighted by Gasteiger charge is -2.10. The SMILES string of the molecule is CN(C)c1nc(N)c2c(n1)sc1c(=O)oc(N(C)C)nc12. The molecule has 0 fully saturated rings. The second-order valence-corrected chi connectivity index (χ2v) is 5.94. The van der Waals surface area contributed by atoms with Crippen LogP contribution < -0.4 is 21.2 Å². The molecular weight excluding hydrogens is 292 g/mol. The van der Waals surface area contributed by atoms with Crippen LogP contribution in [0.1, 0.15) is 0 Å². The Morgan fingerprint density at radius 2 is 1.81 bits per heavy atom. The summed E-state index contributed by atoms with van der Waals surface area (Å²) in [4.78, 5) is 29.1. The molecular formula is C12H14N6O2S. The van der Waals surface area contributed by atoms with Crippen LogP contribution in [0, 0.1) is 0 Å². The summed E-state index contributed by atoms with van der Waals surface area (Å²) in [6, 6.07) is 0.225. The Kier molecular flexibility index (Phi) is 2.94. The first-order valence-corrected chi connectivity index (χ1v) is 6.95. The molecule has 3 rings (SSSR count). The number of aromatic nitrogens is 3. The van der Waals surface area contributed by atoms with Crippen molar-refractivity contribution in [3.63, 3.8) is 0 Å². The van der Waals surface area contributed by atoms with E-state index >= 15 is 0 Å². The Bertz CT molecular complexity index is 898. The molecule has 3 heterocycles. The molecule has 0 saturated carbocycles. The highest BCUT2D eigenvalue weighted by Gasteiger charge is 2.19. The first-order chi connectivity index (χ1) is 9.88. The maximum atomic E-state index is 12.1. The maximum Gasteiger partial charge on any atom is 0.358 e. The van der Waals surface area contributed by atoms with Crippen LogP contribution in [0.3, 0.4) is 0 Å². The zero-order chi connectivity index (χ0) is 15.3. The van der Waals surface area contributed by atoms with Crippen LogP contribution in [0.25, 0.3) is 20.4 Å². The van der Waals surface area contributed by atoms with Crippen LogP contribution in [0.4, 0.5) is 17.8 Å². The maximum absolute atomic E-state index is 12.1. The van der Waals surface area contributed by atoms with Gasteiger partial charge < -0.3 is 20.0 Å². The van der Waals surface area contributed by atoms with Crippen LogP contribution in [0.15, 0.2) is 9.21 Å². The lowest BCUT2D eigenvalue weighted by Crippen LogP contribution is -2.14. The summed E-state index contributed by atoms with van der Waals surface area (Å²) < 4.78 is 5.57. The van der Waals surface area contributed by atoms with Crippen molar-refractivity contribution >= 4 is 49.6 Å². The van der Waals surface area contributed by atoms with Crippen LogP contribution in [-0.2, 0) is 0 Å². The highest BCUT2D eigenvalue weighted by atomic mass is 32.1. The molecule has 0 spiro atoms. The largest absolute Gasteiger partial charge is 0.388 e. The van der Waals surface area contributed by atoms with Gasteiger partial charge in [0.2, 0.25) is 5.95 Å². The molecule has 0 unspecified atom stereocenters. The van der Waals surface area contributed by atoms with Crippen molar-refractivity contribution in [3.05, 3.63) is 10.4 Å². The van der Waals surface area contributed by atoms with E-state index in [0.717, 1.165) is 0 Å². The molecule has 2 N–H and O–H groups in total. The minimum Gasteiger partial charge on any atom is -0.388 e. The zero-order valence-electron chi connectivity index (χ0n) is 12.0. The average Bonchev–Trinajstić information content (AvgIpc) is 2.78. The number of nitrogens with two attached hydrogens (primary N) is 1. The van der Waals surface area contributed by atoms with E-state index in [-0.39, 0.29) is 6.01 Å². The summed E-state index contributed by atoms with van der Waals surface area (Å²) in [7, 11) is 7.14. The van der Waals surface area contributed by atoms with Gasteiger partial charge in [0.15, 0.2) is 0 Å². The van der Waals surface area contributed by atoms with Crippen LogP contribution >= 0.6 is 11.3 Å². The Balaban J connectivity index is 2.44. The van der Waals surface area contributed by atoms with Crippen molar-refractivity contribution in [2.75, 3.05) is 43.7 Å². The summed E-state index contributed by atoms with van der Waals surface area (Å²) in [5.74, 6) is 0.793. The van der Waals surface area contributed by atoms with Gasteiger partial charge >= 0.3 is 5.63 Å². The van der Waals surface area contributed by atoms with Gasteiger partial charge in [0, 0.05) is 28.2 Å². The van der Waals surface area contributed by atoms with Gasteiger partial charge in [-0.1, -0.05) is 0 Å². The van der Waals surface area contributed by atoms with Gasteiger partial charge in [0.05, 0.1) is 5.39 Å². The number of anilines is 3. The smallest absolute Gasteiger partial charge is 0.358 e. The highest BCUT2D eigenvalue weighted by molar-refractivity contribution is 7.25. The second kappa shape index (κ2) is 4.55. The van der Waals surface area contributed by atoms with Crippen LogP contribution in [0.5, 0.6) is 0 Å². The Morgan fingerprint density at radius 3 is 2.43 bits per heavy atom. The van der Waals surface area contributed by atoms with Gasteiger partial charge in [-0.2, -0.15) is 9.97 Å². The Labute approximate surface area is 123 Å². The Morgan fingerprint density at radius 1 is 1.10 bits per heavy atom. The molecule has 0 amide bonds. The van der Waals surface area contributed by atoms with E-state index in [1.165, 1.54) is 11.3 Å². The van der Waals surface area contributed by atoms with Gasteiger partial charge in [-0.05, 0) is 0 Å². The summed E-state index contributed by atoms with van der Waals surface area (Å²) >= 11 is 1.21. The molecule has 21 heavy (non-hydrogen) atoms. The lowest BCUT2D eigenvalue weighted by atomic mass is 10.3. The second-order valence-electron chi connectivity index (χ2n) is 4.94. The molecule has 3 aromatic heterocycles. The first-order valence-electron chi connectivity index (χ1n) is 6.14. The number of thiophene rings is 1. The number of hydrogen-bond acceptors (Lipinski definition) is 9. The third-order valence-corrected chi connectivity index (χ3v) is 3.95. The van der Waals surface area contributed by atoms with Crippen molar-refractivity contribution in [2.24, 2.45) is 0 Å². The standard InChI is InChI=1S/C12H14N6O2S/c1-17(2)11-15-8(13)5-6-7(21-9(5)16-11)10(19)20-12(14-6)18(3)4/h1-4H3,(H2,13,15,16). The number of hydrogen-bond donors (Lipinski definition) is 1. The summed E-state index contributed by atoms with van der Waals surface area (Å²) in [5, 5.41) is 0.594. The van der Waals surface area contributed by atoms with Crippen molar-refractivity contribution in [1.82, 2.24) is 15.0 Å². The predicted molar refractivity (Wildman–Crippen MR) is 84.3 cm³/mol. The van der Waals surface area contributed by atoms with E-state index < -0.39 is 5.63 Å². The van der Waals surface area contributed by atoms with Crippen molar-refractivity contribution in [2.45, 2.75) is 0 Å². The number of nitrogens with zero attached hydrogens (tertiary/aromatic N) is 5. The fraction of sp³-hybridized carbons (Fsp3) is 0.333. The molecule has 0 aliphatic rings. The van der Waals surface area contributed by atoms with E-state index in [1.807, 2.05) is 14.1 Å². The molecule has 0 aliphatic heterocycles. The quantitative estimate of drug-likeness (QED) is 0.745. The molecule has 0 saturated heterocycles.